The lowest BCUT2D eigenvalue weighted by atomic mass is 9.85. The van der Waals surface area contributed by atoms with Crippen molar-refractivity contribution in [1.82, 2.24) is 29.0 Å². The average Bonchev–Trinajstić information content (AvgIpc) is 3.42. The molecule has 0 saturated heterocycles. The van der Waals surface area contributed by atoms with Crippen molar-refractivity contribution in [2.45, 2.75) is 45.2 Å². The molecule has 6 rings (SSSR count). The molecular weight excluding hydrogens is 500 g/mol. The third-order valence-electron chi connectivity index (χ3n) is 7.71. The van der Waals surface area contributed by atoms with E-state index in [9.17, 15) is 9.59 Å². The number of rotatable bonds is 5. The number of aromatic nitrogens is 5. The lowest BCUT2D eigenvalue weighted by Crippen LogP contribution is -2.39. The first kappa shape index (κ1) is 24.4. The molecule has 1 aromatic carbocycles. The van der Waals surface area contributed by atoms with Crippen LogP contribution in [0.25, 0.3) is 27.8 Å². The Balaban J connectivity index is 1.20. The van der Waals surface area contributed by atoms with Gasteiger partial charge in [-0.05, 0) is 68.9 Å². The fourth-order valence-electron chi connectivity index (χ4n) is 5.65. The molecule has 1 saturated carbocycles. The van der Waals surface area contributed by atoms with Crippen LogP contribution in [0.4, 0.5) is 0 Å². The molecule has 5 aromatic rings. The Hall–Kier alpha value is -3.91. The summed E-state index contributed by atoms with van der Waals surface area (Å²) in [5.41, 5.74) is 4.57. The SMILES string of the molecule is Cc1ncc(Cl)cc1C(=O)NC1CCC(Cn2c(=O)n(-c3cnc4c(ccn4C)c3)c3ccccc32)CC1. The quantitative estimate of drug-likeness (QED) is 0.347. The number of hydrogen-bond acceptors (Lipinski definition) is 4. The van der Waals surface area contributed by atoms with Crippen LogP contribution in [-0.2, 0) is 13.6 Å². The number of nitrogens with zero attached hydrogens (tertiary/aromatic N) is 5. The summed E-state index contributed by atoms with van der Waals surface area (Å²) in [6.07, 6.45) is 8.89. The molecule has 194 valence electrons. The molecule has 9 heteroatoms. The minimum absolute atomic E-state index is 0.0531. The Morgan fingerprint density at radius 2 is 1.82 bits per heavy atom. The summed E-state index contributed by atoms with van der Waals surface area (Å²) >= 11 is 6.04. The molecule has 0 atom stereocenters. The molecule has 4 heterocycles. The van der Waals surface area contributed by atoms with Crippen LogP contribution in [0.3, 0.4) is 0 Å². The van der Waals surface area contributed by atoms with Gasteiger partial charge >= 0.3 is 5.69 Å². The zero-order valence-electron chi connectivity index (χ0n) is 21.4. The minimum Gasteiger partial charge on any atom is -0.349 e. The first-order valence-corrected chi connectivity index (χ1v) is 13.3. The summed E-state index contributed by atoms with van der Waals surface area (Å²) < 4.78 is 5.63. The van der Waals surface area contributed by atoms with Gasteiger partial charge in [0, 0.05) is 37.4 Å². The van der Waals surface area contributed by atoms with E-state index >= 15 is 0 Å². The van der Waals surface area contributed by atoms with Crippen molar-refractivity contribution in [3.63, 3.8) is 0 Å². The molecule has 1 fully saturated rings. The Kier molecular flexibility index (Phi) is 6.27. The number of imidazole rings is 1. The average molecular weight is 529 g/mol. The first-order chi connectivity index (χ1) is 18.4. The molecule has 38 heavy (non-hydrogen) atoms. The van der Waals surface area contributed by atoms with E-state index in [2.05, 4.69) is 15.3 Å². The van der Waals surface area contributed by atoms with E-state index in [0.29, 0.717) is 28.7 Å². The van der Waals surface area contributed by atoms with E-state index in [1.54, 1.807) is 23.0 Å². The highest BCUT2D eigenvalue weighted by Crippen LogP contribution is 2.28. The smallest absolute Gasteiger partial charge is 0.333 e. The van der Waals surface area contributed by atoms with Gasteiger partial charge in [0.25, 0.3) is 5.91 Å². The summed E-state index contributed by atoms with van der Waals surface area (Å²) in [5, 5.41) is 4.60. The largest absolute Gasteiger partial charge is 0.349 e. The van der Waals surface area contributed by atoms with Crippen LogP contribution in [-0.4, -0.2) is 35.6 Å². The molecule has 0 radical (unpaired) electrons. The highest BCUT2D eigenvalue weighted by molar-refractivity contribution is 6.30. The van der Waals surface area contributed by atoms with Gasteiger partial charge < -0.3 is 9.88 Å². The Bertz CT molecular complexity index is 1720. The van der Waals surface area contributed by atoms with E-state index in [1.165, 1.54) is 0 Å². The minimum atomic E-state index is -0.135. The number of pyridine rings is 2. The molecule has 1 N–H and O–H groups in total. The van der Waals surface area contributed by atoms with E-state index in [1.807, 2.05) is 65.7 Å². The fourth-order valence-corrected chi connectivity index (χ4v) is 5.81. The van der Waals surface area contributed by atoms with Crippen molar-refractivity contribution in [2.75, 3.05) is 0 Å². The number of aryl methyl sites for hydroxylation is 2. The fraction of sp³-hybridized carbons (Fsp3) is 0.310. The van der Waals surface area contributed by atoms with Gasteiger partial charge in [0.05, 0.1) is 39.2 Å². The second-order valence-corrected chi connectivity index (χ2v) is 10.7. The predicted octanol–water partition coefficient (Wildman–Crippen LogP) is 5.02. The lowest BCUT2D eigenvalue weighted by molar-refractivity contribution is 0.0919. The number of nitrogens with one attached hydrogen (secondary N) is 1. The van der Waals surface area contributed by atoms with Crippen molar-refractivity contribution in [1.29, 1.82) is 0 Å². The van der Waals surface area contributed by atoms with Crippen LogP contribution in [0.5, 0.6) is 0 Å². The van der Waals surface area contributed by atoms with Crippen molar-refractivity contribution in [2.24, 2.45) is 13.0 Å². The molecule has 0 unspecified atom stereocenters. The summed E-state index contributed by atoms with van der Waals surface area (Å²) in [6.45, 7) is 2.45. The molecule has 0 aliphatic heterocycles. The second-order valence-electron chi connectivity index (χ2n) is 10.2. The zero-order chi connectivity index (χ0) is 26.4. The Morgan fingerprint density at radius 3 is 2.61 bits per heavy atom. The van der Waals surface area contributed by atoms with Crippen molar-refractivity contribution < 1.29 is 4.79 Å². The number of benzene rings is 1. The standard InChI is InChI=1S/C29H29ClN6O2/c1-18-24(14-21(30)15-31-18)28(37)33-22-9-7-19(8-10-22)17-35-25-5-3-4-6-26(25)36(29(35)38)23-13-20-11-12-34(2)27(20)32-16-23/h3-6,11-16,19,22H,7-10,17H2,1-2H3,(H,33,37). The molecule has 1 aliphatic rings. The van der Waals surface area contributed by atoms with Crippen molar-refractivity contribution in [3.05, 3.63) is 87.8 Å². The molecule has 1 aliphatic carbocycles. The lowest BCUT2D eigenvalue weighted by Gasteiger charge is -2.29. The summed E-state index contributed by atoms with van der Waals surface area (Å²) in [6, 6.07) is 13.7. The van der Waals surface area contributed by atoms with Crippen LogP contribution < -0.4 is 11.0 Å². The highest BCUT2D eigenvalue weighted by Gasteiger charge is 2.26. The topological polar surface area (TPSA) is 86.7 Å². The van der Waals surface area contributed by atoms with E-state index in [4.69, 9.17) is 11.6 Å². The van der Waals surface area contributed by atoms with E-state index < -0.39 is 0 Å². The normalized spacial score (nSPS) is 17.8. The van der Waals surface area contributed by atoms with E-state index in [-0.39, 0.29) is 17.6 Å². The number of fused-ring (bicyclic) bond motifs is 2. The van der Waals surface area contributed by atoms with Gasteiger partial charge in [-0.3, -0.25) is 18.9 Å². The monoisotopic (exact) mass is 528 g/mol. The zero-order valence-corrected chi connectivity index (χ0v) is 22.2. The van der Waals surface area contributed by atoms with Gasteiger partial charge in [0.1, 0.15) is 5.65 Å². The van der Waals surface area contributed by atoms with Gasteiger partial charge in [-0.25, -0.2) is 9.78 Å². The van der Waals surface area contributed by atoms with Crippen LogP contribution >= 0.6 is 11.6 Å². The summed E-state index contributed by atoms with van der Waals surface area (Å²) in [5.74, 6) is 0.216. The van der Waals surface area contributed by atoms with Crippen molar-refractivity contribution in [3.8, 4) is 5.69 Å². The number of hydrogen-bond donors (Lipinski definition) is 1. The number of halogens is 1. The second kappa shape index (κ2) is 9.76. The highest BCUT2D eigenvalue weighted by atomic mass is 35.5. The van der Waals surface area contributed by atoms with Gasteiger partial charge in [-0.15, -0.1) is 0 Å². The summed E-state index contributed by atoms with van der Waals surface area (Å²) in [4.78, 5) is 35.3. The Labute approximate surface area is 224 Å². The van der Waals surface area contributed by atoms with Crippen molar-refractivity contribution >= 4 is 39.6 Å². The van der Waals surface area contributed by atoms with Gasteiger partial charge in [0.15, 0.2) is 0 Å². The van der Waals surface area contributed by atoms with Gasteiger partial charge in [-0.1, -0.05) is 23.7 Å². The predicted molar refractivity (Wildman–Crippen MR) is 149 cm³/mol. The molecule has 4 aromatic heterocycles. The van der Waals surface area contributed by atoms with Crippen LogP contribution in [0, 0.1) is 12.8 Å². The molecule has 0 bridgehead atoms. The molecular formula is C29H29ClN6O2. The molecule has 1 amide bonds. The van der Waals surface area contributed by atoms with E-state index in [0.717, 1.165) is 53.4 Å². The third-order valence-corrected chi connectivity index (χ3v) is 7.91. The molecule has 8 nitrogen and oxygen atoms in total. The summed E-state index contributed by atoms with van der Waals surface area (Å²) in [7, 11) is 1.96. The first-order valence-electron chi connectivity index (χ1n) is 12.9. The number of carbonyl (C=O) groups excluding carboxylic acids is 1. The van der Waals surface area contributed by atoms with Crippen LogP contribution in [0.1, 0.15) is 41.7 Å². The van der Waals surface area contributed by atoms with Crippen LogP contribution in [0.2, 0.25) is 5.02 Å². The van der Waals surface area contributed by atoms with Gasteiger partial charge in [0.2, 0.25) is 0 Å². The number of amides is 1. The Morgan fingerprint density at radius 1 is 1.05 bits per heavy atom. The molecule has 0 spiro atoms. The van der Waals surface area contributed by atoms with Crippen LogP contribution in [0.15, 0.2) is 65.8 Å². The van der Waals surface area contributed by atoms with Gasteiger partial charge in [-0.2, -0.15) is 0 Å². The third kappa shape index (κ3) is 4.39. The number of carbonyl (C=O) groups is 1. The maximum absolute atomic E-state index is 13.7. The maximum Gasteiger partial charge on any atom is 0.333 e. The maximum atomic E-state index is 13.7. The number of para-hydroxylation sites is 2.